The molecule has 1 atom stereocenters. The minimum Gasteiger partial charge on any atom is -0.337 e. The van der Waals surface area contributed by atoms with Gasteiger partial charge in [-0.3, -0.25) is 9.48 Å². The molecule has 1 unspecified atom stereocenters. The third-order valence-corrected chi connectivity index (χ3v) is 6.43. The van der Waals surface area contributed by atoms with E-state index in [1.54, 1.807) is 0 Å². The summed E-state index contributed by atoms with van der Waals surface area (Å²) in [7, 11) is 1.90. The van der Waals surface area contributed by atoms with Crippen LogP contribution in [0.1, 0.15) is 65.0 Å². The molecule has 1 fully saturated rings. The predicted octanol–water partition coefficient (Wildman–Crippen LogP) is 4.10. The lowest BCUT2D eigenvalue weighted by Crippen LogP contribution is -2.36. The largest absolute Gasteiger partial charge is 0.416 e. The second kappa shape index (κ2) is 9.02. The van der Waals surface area contributed by atoms with Crippen LogP contribution >= 0.6 is 0 Å². The van der Waals surface area contributed by atoms with Crippen LogP contribution in [0.2, 0.25) is 0 Å². The van der Waals surface area contributed by atoms with Crippen molar-refractivity contribution in [3.05, 3.63) is 52.3 Å². The van der Waals surface area contributed by atoms with E-state index in [2.05, 4.69) is 10.4 Å². The summed E-state index contributed by atoms with van der Waals surface area (Å²) < 4.78 is 40.1. The van der Waals surface area contributed by atoms with Crippen LogP contribution in [-0.4, -0.2) is 39.7 Å². The number of hydrogen-bond acceptors (Lipinski definition) is 3. The molecule has 1 aromatic heterocycles. The van der Waals surface area contributed by atoms with Crippen LogP contribution in [0.15, 0.2) is 24.3 Å². The van der Waals surface area contributed by atoms with Gasteiger partial charge >= 0.3 is 6.18 Å². The molecule has 1 N–H and O–H groups in total. The number of aromatic nitrogens is 2. The maximum atomic E-state index is 13.2. The molecule has 1 saturated heterocycles. The van der Waals surface area contributed by atoms with Crippen LogP contribution in [0.5, 0.6) is 0 Å². The van der Waals surface area contributed by atoms with E-state index in [0.29, 0.717) is 18.7 Å². The highest BCUT2D eigenvalue weighted by atomic mass is 19.4. The lowest BCUT2D eigenvalue weighted by molar-refractivity contribution is -0.137. The number of hydrogen-bond donors (Lipinski definition) is 1. The van der Waals surface area contributed by atoms with Crippen LogP contribution in [0.3, 0.4) is 0 Å². The van der Waals surface area contributed by atoms with Gasteiger partial charge in [0.2, 0.25) is 0 Å². The number of alkyl halides is 3. The maximum Gasteiger partial charge on any atom is 0.416 e. The molecule has 31 heavy (non-hydrogen) atoms. The van der Waals surface area contributed by atoms with Crippen molar-refractivity contribution in [3.63, 3.8) is 0 Å². The third kappa shape index (κ3) is 4.95. The van der Waals surface area contributed by atoms with E-state index < -0.39 is 11.7 Å². The van der Waals surface area contributed by atoms with Gasteiger partial charge in [-0.05, 0) is 49.8 Å². The first-order valence-corrected chi connectivity index (χ1v) is 11.1. The first kappa shape index (κ1) is 21.9. The zero-order valence-electron chi connectivity index (χ0n) is 17.8. The Labute approximate surface area is 180 Å². The molecule has 4 rings (SSSR count). The summed E-state index contributed by atoms with van der Waals surface area (Å²) in [5.74, 6) is 0.0298. The van der Waals surface area contributed by atoms with Gasteiger partial charge < -0.3 is 10.2 Å². The monoisotopic (exact) mass is 434 g/mol. The number of fused-ring (bicyclic) bond motifs is 1. The fourth-order valence-electron chi connectivity index (χ4n) is 4.63. The number of halogens is 3. The van der Waals surface area contributed by atoms with E-state index in [1.165, 1.54) is 25.0 Å². The van der Waals surface area contributed by atoms with Crippen LogP contribution in [0.25, 0.3) is 0 Å². The summed E-state index contributed by atoms with van der Waals surface area (Å²) in [6.45, 7) is 2.08. The van der Waals surface area contributed by atoms with E-state index >= 15 is 0 Å². The summed E-state index contributed by atoms with van der Waals surface area (Å²) in [5, 5.41) is 8.03. The van der Waals surface area contributed by atoms with Crippen LogP contribution in [0.4, 0.5) is 13.2 Å². The average molecular weight is 435 g/mol. The number of carbonyl (C=O) groups is 1. The topological polar surface area (TPSA) is 50.2 Å². The van der Waals surface area contributed by atoms with E-state index in [4.69, 9.17) is 0 Å². The Bertz CT molecular complexity index is 912. The zero-order valence-corrected chi connectivity index (χ0v) is 17.8. The van der Waals surface area contributed by atoms with E-state index in [9.17, 15) is 18.0 Å². The number of benzene rings is 1. The Kier molecular flexibility index (Phi) is 6.36. The van der Waals surface area contributed by atoms with Crippen molar-refractivity contribution in [1.29, 1.82) is 0 Å². The third-order valence-electron chi connectivity index (χ3n) is 6.43. The van der Waals surface area contributed by atoms with Gasteiger partial charge in [0, 0.05) is 44.0 Å². The molecule has 1 aliphatic heterocycles. The van der Waals surface area contributed by atoms with Gasteiger partial charge in [-0.25, -0.2) is 0 Å². The van der Waals surface area contributed by atoms with Crippen LogP contribution in [0, 0.1) is 0 Å². The van der Waals surface area contributed by atoms with E-state index in [1.807, 2.05) is 16.6 Å². The molecule has 0 radical (unpaired) electrons. The first-order chi connectivity index (χ1) is 14.8. The number of aryl methyl sites for hydroxylation is 1. The smallest absolute Gasteiger partial charge is 0.337 e. The first-order valence-electron chi connectivity index (χ1n) is 11.1. The molecule has 0 saturated carbocycles. The Morgan fingerprint density at radius 1 is 1.13 bits per heavy atom. The Balaban J connectivity index is 1.42. The lowest BCUT2D eigenvalue weighted by atomic mass is 9.91. The summed E-state index contributed by atoms with van der Waals surface area (Å²) in [6.07, 6.45) is 2.54. The van der Waals surface area contributed by atoms with E-state index in [-0.39, 0.29) is 11.9 Å². The summed E-state index contributed by atoms with van der Waals surface area (Å²) in [5.41, 5.74) is 2.88. The van der Waals surface area contributed by atoms with Gasteiger partial charge in [0.05, 0.1) is 5.56 Å². The molecule has 2 heterocycles. The van der Waals surface area contributed by atoms with Crippen LogP contribution < -0.4 is 5.32 Å². The van der Waals surface area contributed by atoms with Crippen LogP contribution in [-0.2, 0) is 32.6 Å². The quantitative estimate of drug-likeness (QED) is 0.788. The minimum atomic E-state index is -4.32. The highest BCUT2D eigenvalue weighted by Crippen LogP contribution is 2.29. The Morgan fingerprint density at radius 2 is 1.81 bits per heavy atom. The number of amides is 1. The fourth-order valence-corrected chi connectivity index (χ4v) is 4.63. The molecular formula is C23H29F3N4O. The molecule has 168 valence electrons. The second-order valence-corrected chi connectivity index (χ2v) is 8.62. The van der Waals surface area contributed by atoms with Crippen molar-refractivity contribution in [2.24, 2.45) is 7.05 Å². The molecule has 1 amide bonds. The molecule has 1 aliphatic carbocycles. The molecule has 0 bridgehead atoms. The molecule has 1 aromatic carbocycles. The van der Waals surface area contributed by atoms with Crippen molar-refractivity contribution in [2.45, 2.75) is 63.7 Å². The predicted molar refractivity (Wildman–Crippen MR) is 112 cm³/mol. The lowest BCUT2D eigenvalue weighted by Gasteiger charge is -2.25. The zero-order chi connectivity index (χ0) is 22.0. The minimum absolute atomic E-state index is 0.0298. The number of likely N-dealkylation sites (tertiary alicyclic amines) is 1. The highest BCUT2D eigenvalue weighted by molar-refractivity contribution is 5.94. The summed E-state index contributed by atoms with van der Waals surface area (Å²) in [6, 6.07) is 5.43. The van der Waals surface area contributed by atoms with Crippen molar-refractivity contribution in [1.82, 2.24) is 20.0 Å². The molecule has 0 spiro atoms. The molecule has 5 nitrogen and oxygen atoms in total. The summed E-state index contributed by atoms with van der Waals surface area (Å²) >= 11 is 0. The van der Waals surface area contributed by atoms with Crippen molar-refractivity contribution in [2.75, 3.05) is 13.1 Å². The standard InChI is InChI=1S/C23H29F3N4O/c1-29-20-11-10-18(27-15-16-6-8-17(9-7-16)23(24,25)26)14-19(20)21(28-29)22(31)30-12-4-2-3-5-13-30/h6-9,18,27H,2-5,10-15H2,1H3. The van der Waals surface area contributed by atoms with E-state index in [0.717, 1.165) is 67.7 Å². The Hall–Kier alpha value is -2.35. The van der Waals surface area contributed by atoms with Crippen molar-refractivity contribution in [3.8, 4) is 0 Å². The SMILES string of the molecule is Cn1nc(C(=O)N2CCCCCC2)c2c1CCC(NCc1ccc(C(F)(F)F)cc1)C2. The second-order valence-electron chi connectivity index (χ2n) is 8.62. The van der Waals surface area contributed by atoms with Gasteiger partial charge in [0.15, 0.2) is 5.69 Å². The number of nitrogens with zero attached hydrogens (tertiary/aromatic N) is 3. The van der Waals surface area contributed by atoms with Gasteiger partial charge in [-0.15, -0.1) is 0 Å². The Morgan fingerprint density at radius 3 is 2.45 bits per heavy atom. The number of nitrogens with one attached hydrogen (secondary N) is 1. The number of carbonyl (C=O) groups excluding carboxylic acids is 1. The maximum absolute atomic E-state index is 13.2. The highest BCUT2D eigenvalue weighted by Gasteiger charge is 2.31. The normalized spacial score (nSPS) is 19.7. The fraction of sp³-hybridized carbons (Fsp3) is 0.565. The van der Waals surface area contributed by atoms with Gasteiger partial charge in [-0.2, -0.15) is 18.3 Å². The molecule has 2 aliphatic rings. The van der Waals surface area contributed by atoms with Gasteiger partial charge in [-0.1, -0.05) is 25.0 Å². The average Bonchev–Trinajstić information content (AvgIpc) is 2.92. The number of rotatable bonds is 4. The van der Waals surface area contributed by atoms with Crippen molar-refractivity contribution >= 4 is 5.91 Å². The summed E-state index contributed by atoms with van der Waals surface area (Å²) in [4.78, 5) is 15.1. The molecule has 8 heteroatoms. The van der Waals surface area contributed by atoms with Gasteiger partial charge in [0.1, 0.15) is 0 Å². The molecular weight excluding hydrogens is 405 g/mol. The molecule has 2 aromatic rings. The van der Waals surface area contributed by atoms with Crippen molar-refractivity contribution < 1.29 is 18.0 Å². The van der Waals surface area contributed by atoms with Gasteiger partial charge in [0.25, 0.3) is 5.91 Å².